The van der Waals surface area contributed by atoms with Crippen molar-refractivity contribution in [2.24, 2.45) is 11.7 Å². The van der Waals surface area contributed by atoms with E-state index in [-0.39, 0.29) is 30.3 Å². The van der Waals surface area contributed by atoms with Crippen LogP contribution in [0.1, 0.15) is 25.7 Å². The molecule has 26 heavy (non-hydrogen) atoms. The summed E-state index contributed by atoms with van der Waals surface area (Å²) < 4.78 is 10.7. The molecule has 0 aliphatic heterocycles. The molecular formula is C18H24ClN3O3S. The highest BCUT2D eigenvalue weighted by Crippen LogP contribution is 2.35. The van der Waals surface area contributed by atoms with E-state index in [4.69, 9.17) is 15.2 Å². The van der Waals surface area contributed by atoms with Gasteiger partial charge in [0.05, 0.1) is 19.9 Å². The van der Waals surface area contributed by atoms with Crippen LogP contribution in [0, 0.1) is 5.92 Å². The molecule has 1 saturated carbocycles. The van der Waals surface area contributed by atoms with E-state index >= 15 is 0 Å². The molecular weight excluding hydrogens is 374 g/mol. The van der Waals surface area contributed by atoms with Crippen molar-refractivity contribution in [3.05, 3.63) is 23.6 Å². The standard InChI is InChI=1S/C18H23N3O3S.ClH/c1-23-12-6-7-16(24-2)13(9-12)15-10-25-18(20-15)21-17(22)8-11-4-3-5-14(11)19;/h6-7,9-11,14H,3-5,8,19H2,1-2H3,(H,20,21,22);1H/t11-,14+;/m0./s1. The quantitative estimate of drug-likeness (QED) is 0.775. The van der Waals surface area contributed by atoms with Crippen molar-refractivity contribution in [2.45, 2.75) is 31.7 Å². The summed E-state index contributed by atoms with van der Waals surface area (Å²) >= 11 is 1.39. The van der Waals surface area contributed by atoms with Gasteiger partial charge in [0, 0.05) is 23.4 Å². The van der Waals surface area contributed by atoms with Crippen LogP contribution in [0.4, 0.5) is 5.13 Å². The van der Waals surface area contributed by atoms with Crippen LogP contribution < -0.4 is 20.5 Å². The zero-order valence-electron chi connectivity index (χ0n) is 14.9. The molecule has 0 radical (unpaired) electrons. The number of methoxy groups -OCH3 is 2. The van der Waals surface area contributed by atoms with Gasteiger partial charge >= 0.3 is 0 Å². The Morgan fingerprint density at radius 3 is 2.81 bits per heavy atom. The van der Waals surface area contributed by atoms with Gasteiger partial charge in [-0.15, -0.1) is 23.7 Å². The van der Waals surface area contributed by atoms with E-state index < -0.39 is 0 Å². The fraction of sp³-hybridized carbons (Fsp3) is 0.444. The fourth-order valence-electron chi connectivity index (χ4n) is 3.20. The van der Waals surface area contributed by atoms with E-state index in [9.17, 15) is 4.79 Å². The van der Waals surface area contributed by atoms with Crippen molar-refractivity contribution in [3.63, 3.8) is 0 Å². The maximum Gasteiger partial charge on any atom is 0.226 e. The topological polar surface area (TPSA) is 86.5 Å². The minimum Gasteiger partial charge on any atom is -0.497 e. The van der Waals surface area contributed by atoms with Crippen LogP contribution >= 0.6 is 23.7 Å². The van der Waals surface area contributed by atoms with E-state index in [0.717, 1.165) is 36.3 Å². The number of amides is 1. The van der Waals surface area contributed by atoms with Crippen LogP contribution in [-0.2, 0) is 4.79 Å². The van der Waals surface area contributed by atoms with Gasteiger partial charge in [-0.05, 0) is 37.0 Å². The molecule has 3 N–H and O–H groups in total. The Kier molecular flexibility index (Phi) is 7.25. The first kappa shape index (κ1) is 20.5. The highest BCUT2D eigenvalue weighted by atomic mass is 35.5. The van der Waals surface area contributed by atoms with E-state index in [1.165, 1.54) is 11.3 Å². The molecule has 1 heterocycles. The number of rotatable bonds is 6. The van der Waals surface area contributed by atoms with Gasteiger partial charge in [-0.25, -0.2) is 4.98 Å². The van der Waals surface area contributed by atoms with Gasteiger partial charge in [-0.3, -0.25) is 4.79 Å². The lowest BCUT2D eigenvalue weighted by Gasteiger charge is -2.13. The number of carbonyl (C=O) groups excluding carboxylic acids is 1. The molecule has 0 spiro atoms. The molecule has 3 rings (SSSR count). The molecule has 0 bridgehead atoms. The number of halogens is 1. The summed E-state index contributed by atoms with van der Waals surface area (Å²) in [6.07, 6.45) is 3.60. The summed E-state index contributed by atoms with van der Waals surface area (Å²) in [5.74, 6) is 1.68. The molecule has 1 amide bonds. The van der Waals surface area contributed by atoms with Gasteiger partial charge in [-0.2, -0.15) is 0 Å². The van der Waals surface area contributed by atoms with Gasteiger partial charge < -0.3 is 20.5 Å². The van der Waals surface area contributed by atoms with Crippen LogP contribution in [0.2, 0.25) is 0 Å². The van der Waals surface area contributed by atoms with Gasteiger partial charge in [0.25, 0.3) is 0 Å². The lowest BCUT2D eigenvalue weighted by atomic mass is 10.00. The fourth-order valence-corrected chi connectivity index (χ4v) is 3.92. The maximum atomic E-state index is 12.2. The highest BCUT2D eigenvalue weighted by molar-refractivity contribution is 7.14. The van der Waals surface area contributed by atoms with Crippen LogP contribution in [0.3, 0.4) is 0 Å². The van der Waals surface area contributed by atoms with Gasteiger partial charge in [0.2, 0.25) is 5.91 Å². The normalized spacial score (nSPS) is 18.9. The molecule has 1 aromatic heterocycles. The second-order valence-corrected chi connectivity index (χ2v) is 7.07. The van der Waals surface area contributed by atoms with E-state index in [1.807, 2.05) is 23.6 Å². The number of benzene rings is 1. The number of anilines is 1. The predicted molar refractivity (Wildman–Crippen MR) is 106 cm³/mol. The Bertz CT molecular complexity index is 753. The van der Waals surface area contributed by atoms with Crippen molar-refractivity contribution >= 4 is 34.8 Å². The lowest BCUT2D eigenvalue weighted by Crippen LogP contribution is -2.28. The number of hydrogen-bond donors (Lipinski definition) is 2. The zero-order chi connectivity index (χ0) is 17.8. The first-order chi connectivity index (χ1) is 12.1. The van der Waals surface area contributed by atoms with E-state index in [0.29, 0.717) is 17.3 Å². The van der Waals surface area contributed by atoms with Crippen LogP contribution in [0.5, 0.6) is 11.5 Å². The minimum atomic E-state index is -0.0270. The number of nitrogens with two attached hydrogens (primary N) is 1. The molecule has 6 nitrogen and oxygen atoms in total. The molecule has 1 aliphatic rings. The summed E-state index contributed by atoms with van der Waals surface area (Å²) in [4.78, 5) is 16.8. The molecule has 0 saturated heterocycles. The maximum absolute atomic E-state index is 12.2. The second-order valence-electron chi connectivity index (χ2n) is 6.21. The average Bonchev–Trinajstić information content (AvgIpc) is 3.23. The zero-order valence-corrected chi connectivity index (χ0v) is 16.5. The Hall–Kier alpha value is -1.83. The monoisotopic (exact) mass is 397 g/mol. The Morgan fingerprint density at radius 1 is 1.35 bits per heavy atom. The van der Waals surface area contributed by atoms with E-state index in [2.05, 4.69) is 10.3 Å². The van der Waals surface area contributed by atoms with Crippen molar-refractivity contribution in [1.29, 1.82) is 0 Å². The number of nitrogens with zero attached hydrogens (tertiary/aromatic N) is 1. The van der Waals surface area contributed by atoms with Crippen molar-refractivity contribution in [3.8, 4) is 22.8 Å². The van der Waals surface area contributed by atoms with Gasteiger partial charge in [0.15, 0.2) is 5.13 Å². The van der Waals surface area contributed by atoms with Crippen molar-refractivity contribution in [2.75, 3.05) is 19.5 Å². The molecule has 1 fully saturated rings. The van der Waals surface area contributed by atoms with Crippen LogP contribution in [0.15, 0.2) is 23.6 Å². The molecule has 142 valence electrons. The number of carbonyl (C=O) groups is 1. The van der Waals surface area contributed by atoms with Gasteiger partial charge in [0.1, 0.15) is 11.5 Å². The average molecular weight is 398 g/mol. The summed E-state index contributed by atoms with van der Waals surface area (Å²) in [6.45, 7) is 0. The Balaban J connectivity index is 0.00000243. The minimum absolute atomic E-state index is 0. The van der Waals surface area contributed by atoms with Crippen molar-refractivity contribution in [1.82, 2.24) is 4.98 Å². The smallest absolute Gasteiger partial charge is 0.226 e. The Morgan fingerprint density at radius 2 is 2.15 bits per heavy atom. The van der Waals surface area contributed by atoms with E-state index in [1.54, 1.807) is 14.2 Å². The molecule has 1 aliphatic carbocycles. The molecule has 2 atom stereocenters. The van der Waals surface area contributed by atoms with Crippen molar-refractivity contribution < 1.29 is 14.3 Å². The molecule has 1 aromatic carbocycles. The lowest BCUT2D eigenvalue weighted by molar-refractivity contribution is -0.117. The number of aromatic nitrogens is 1. The van der Waals surface area contributed by atoms with Gasteiger partial charge in [-0.1, -0.05) is 6.42 Å². The SMILES string of the molecule is COc1ccc(OC)c(-c2csc(NC(=O)C[C@@H]3CCC[C@H]3N)n2)c1.Cl. The summed E-state index contributed by atoms with van der Waals surface area (Å²) in [5.41, 5.74) is 7.62. The third-order valence-electron chi connectivity index (χ3n) is 4.60. The van der Waals surface area contributed by atoms with Crippen LogP contribution in [-0.4, -0.2) is 31.2 Å². The third kappa shape index (κ3) is 4.66. The second kappa shape index (κ2) is 9.21. The Labute approximate surface area is 163 Å². The number of ether oxygens (including phenoxy) is 2. The summed E-state index contributed by atoms with van der Waals surface area (Å²) in [6, 6.07) is 5.69. The first-order valence-corrected chi connectivity index (χ1v) is 9.22. The molecule has 2 aromatic rings. The largest absolute Gasteiger partial charge is 0.497 e. The van der Waals surface area contributed by atoms with Crippen LogP contribution in [0.25, 0.3) is 11.3 Å². The third-order valence-corrected chi connectivity index (χ3v) is 5.36. The highest BCUT2D eigenvalue weighted by Gasteiger charge is 2.26. The number of hydrogen-bond acceptors (Lipinski definition) is 6. The molecule has 0 unspecified atom stereocenters. The number of nitrogens with one attached hydrogen (secondary N) is 1. The molecule has 8 heteroatoms. The number of thiazole rings is 1. The predicted octanol–water partition coefficient (Wildman–Crippen LogP) is 3.71. The first-order valence-electron chi connectivity index (χ1n) is 8.34. The summed E-state index contributed by atoms with van der Waals surface area (Å²) in [5, 5.41) is 5.36. The summed E-state index contributed by atoms with van der Waals surface area (Å²) in [7, 11) is 3.23.